The fraction of sp³-hybridized carbons (Fsp3) is 0.818. The zero-order valence-corrected chi connectivity index (χ0v) is 10.5. The number of hydrogen-bond acceptors (Lipinski definition) is 4. The maximum absolute atomic E-state index is 10.9. The SMILES string of the molecule is CNC(CCCN)(CCC(N)=O)CCC(N)=O. The van der Waals surface area contributed by atoms with Crippen LogP contribution in [-0.4, -0.2) is 30.9 Å². The van der Waals surface area contributed by atoms with E-state index in [0.29, 0.717) is 32.2 Å². The van der Waals surface area contributed by atoms with Gasteiger partial charge in [0, 0.05) is 18.4 Å². The minimum Gasteiger partial charge on any atom is -0.370 e. The van der Waals surface area contributed by atoms with Crippen LogP contribution in [0.25, 0.3) is 0 Å². The Labute approximate surface area is 102 Å². The second-order valence-electron chi connectivity index (χ2n) is 4.36. The third-order valence-corrected chi connectivity index (χ3v) is 3.09. The summed E-state index contributed by atoms with van der Waals surface area (Å²) in [4.78, 5) is 21.7. The molecule has 2 amide bonds. The van der Waals surface area contributed by atoms with Gasteiger partial charge < -0.3 is 22.5 Å². The number of rotatable bonds is 10. The Balaban J connectivity index is 4.48. The number of nitrogens with one attached hydrogen (secondary N) is 1. The average Bonchev–Trinajstić information content (AvgIpc) is 2.28. The predicted octanol–water partition coefficient (Wildman–Crippen LogP) is -0.785. The van der Waals surface area contributed by atoms with Gasteiger partial charge in [-0.15, -0.1) is 0 Å². The molecule has 0 rings (SSSR count). The molecular formula is C11H24N4O2. The molecule has 0 aliphatic heterocycles. The largest absolute Gasteiger partial charge is 0.370 e. The molecule has 0 aromatic heterocycles. The van der Waals surface area contributed by atoms with Crippen LogP contribution < -0.4 is 22.5 Å². The van der Waals surface area contributed by atoms with E-state index in [-0.39, 0.29) is 17.4 Å². The molecule has 0 aromatic carbocycles. The summed E-state index contributed by atoms with van der Waals surface area (Å²) in [6, 6.07) is 0. The second kappa shape index (κ2) is 8.03. The molecule has 6 heteroatoms. The average molecular weight is 244 g/mol. The van der Waals surface area contributed by atoms with E-state index >= 15 is 0 Å². The lowest BCUT2D eigenvalue weighted by molar-refractivity contribution is -0.118. The summed E-state index contributed by atoms with van der Waals surface area (Å²) in [6.07, 6.45) is 3.44. The Morgan fingerprint density at radius 1 is 1.06 bits per heavy atom. The summed E-state index contributed by atoms with van der Waals surface area (Å²) in [5.74, 6) is -0.673. The summed E-state index contributed by atoms with van der Waals surface area (Å²) in [7, 11) is 1.82. The van der Waals surface area contributed by atoms with E-state index in [1.807, 2.05) is 7.05 Å². The van der Waals surface area contributed by atoms with E-state index in [0.717, 1.165) is 12.8 Å². The minimum atomic E-state index is -0.337. The molecule has 0 atom stereocenters. The standard InChI is InChI=1S/C11H24N4O2/c1-15-11(5-2-8-12,6-3-9(13)16)7-4-10(14)17/h15H,2-8,12H2,1H3,(H2,13,16)(H2,14,17). The molecule has 6 nitrogen and oxygen atoms in total. The molecule has 0 heterocycles. The second-order valence-corrected chi connectivity index (χ2v) is 4.36. The smallest absolute Gasteiger partial charge is 0.217 e. The molecule has 100 valence electrons. The zero-order chi connectivity index (χ0) is 13.3. The molecule has 0 fully saturated rings. The van der Waals surface area contributed by atoms with Gasteiger partial charge in [-0.05, 0) is 39.3 Å². The third-order valence-electron chi connectivity index (χ3n) is 3.09. The first-order chi connectivity index (χ1) is 7.95. The van der Waals surface area contributed by atoms with E-state index in [2.05, 4.69) is 5.32 Å². The van der Waals surface area contributed by atoms with Crippen LogP contribution in [0.2, 0.25) is 0 Å². The molecular weight excluding hydrogens is 220 g/mol. The molecule has 0 aliphatic carbocycles. The highest BCUT2D eigenvalue weighted by Crippen LogP contribution is 2.24. The fourth-order valence-corrected chi connectivity index (χ4v) is 1.92. The van der Waals surface area contributed by atoms with Gasteiger partial charge in [-0.1, -0.05) is 0 Å². The normalized spacial score (nSPS) is 11.4. The third kappa shape index (κ3) is 6.91. The van der Waals surface area contributed by atoms with Crippen LogP contribution in [0.5, 0.6) is 0 Å². The Bertz CT molecular complexity index is 238. The van der Waals surface area contributed by atoms with Crippen LogP contribution in [0.1, 0.15) is 38.5 Å². The van der Waals surface area contributed by atoms with Gasteiger partial charge in [0.2, 0.25) is 11.8 Å². The van der Waals surface area contributed by atoms with E-state index in [4.69, 9.17) is 17.2 Å². The van der Waals surface area contributed by atoms with Crippen molar-refractivity contribution in [3.8, 4) is 0 Å². The molecule has 0 saturated heterocycles. The van der Waals surface area contributed by atoms with Crippen LogP contribution in [0.15, 0.2) is 0 Å². The van der Waals surface area contributed by atoms with Gasteiger partial charge in [-0.3, -0.25) is 9.59 Å². The number of nitrogens with two attached hydrogens (primary N) is 3. The Morgan fingerprint density at radius 2 is 1.53 bits per heavy atom. The van der Waals surface area contributed by atoms with Gasteiger partial charge in [-0.25, -0.2) is 0 Å². The molecule has 0 aliphatic rings. The topological polar surface area (TPSA) is 124 Å². The van der Waals surface area contributed by atoms with Crippen molar-refractivity contribution in [1.82, 2.24) is 5.32 Å². The van der Waals surface area contributed by atoms with Crippen LogP contribution in [0.4, 0.5) is 0 Å². The number of carbonyl (C=O) groups is 2. The van der Waals surface area contributed by atoms with E-state index in [1.165, 1.54) is 0 Å². The summed E-state index contributed by atoms with van der Waals surface area (Å²) in [6.45, 7) is 0.580. The van der Waals surface area contributed by atoms with Crippen LogP contribution >= 0.6 is 0 Å². The zero-order valence-electron chi connectivity index (χ0n) is 10.5. The van der Waals surface area contributed by atoms with E-state index in [9.17, 15) is 9.59 Å². The molecule has 0 bridgehead atoms. The van der Waals surface area contributed by atoms with Crippen molar-refractivity contribution >= 4 is 11.8 Å². The van der Waals surface area contributed by atoms with Crippen LogP contribution in [0, 0.1) is 0 Å². The van der Waals surface area contributed by atoms with Crippen molar-refractivity contribution in [2.24, 2.45) is 17.2 Å². The summed E-state index contributed by atoms with van der Waals surface area (Å²) in [5.41, 5.74) is 15.5. The lowest BCUT2D eigenvalue weighted by atomic mass is 9.83. The molecule has 0 radical (unpaired) electrons. The van der Waals surface area contributed by atoms with Crippen molar-refractivity contribution in [1.29, 1.82) is 0 Å². The van der Waals surface area contributed by atoms with Crippen LogP contribution in [0.3, 0.4) is 0 Å². The molecule has 0 unspecified atom stereocenters. The Kier molecular flexibility index (Phi) is 7.49. The fourth-order valence-electron chi connectivity index (χ4n) is 1.92. The lowest BCUT2D eigenvalue weighted by Crippen LogP contribution is -2.44. The predicted molar refractivity (Wildman–Crippen MR) is 66.9 cm³/mol. The lowest BCUT2D eigenvalue weighted by Gasteiger charge is -2.33. The molecule has 17 heavy (non-hydrogen) atoms. The first-order valence-electron chi connectivity index (χ1n) is 5.91. The monoisotopic (exact) mass is 244 g/mol. The summed E-state index contributed by atoms with van der Waals surface area (Å²) >= 11 is 0. The molecule has 0 spiro atoms. The first kappa shape index (κ1) is 15.9. The highest BCUT2D eigenvalue weighted by molar-refractivity contribution is 5.74. The highest BCUT2D eigenvalue weighted by Gasteiger charge is 2.28. The van der Waals surface area contributed by atoms with Gasteiger partial charge in [0.05, 0.1) is 0 Å². The van der Waals surface area contributed by atoms with Crippen molar-refractivity contribution in [2.75, 3.05) is 13.6 Å². The minimum absolute atomic E-state index is 0.274. The van der Waals surface area contributed by atoms with Gasteiger partial charge in [-0.2, -0.15) is 0 Å². The van der Waals surface area contributed by atoms with Crippen molar-refractivity contribution in [3.05, 3.63) is 0 Å². The van der Waals surface area contributed by atoms with Crippen molar-refractivity contribution in [3.63, 3.8) is 0 Å². The number of primary amides is 2. The number of hydrogen-bond donors (Lipinski definition) is 4. The van der Waals surface area contributed by atoms with Gasteiger partial charge in [0.25, 0.3) is 0 Å². The van der Waals surface area contributed by atoms with Crippen LogP contribution in [-0.2, 0) is 9.59 Å². The quantitative estimate of drug-likeness (QED) is 0.402. The number of carbonyl (C=O) groups excluding carboxylic acids is 2. The summed E-state index contributed by atoms with van der Waals surface area (Å²) < 4.78 is 0. The molecule has 0 aromatic rings. The van der Waals surface area contributed by atoms with E-state index < -0.39 is 0 Å². The molecule has 7 N–H and O–H groups in total. The Hall–Kier alpha value is -1.14. The van der Waals surface area contributed by atoms with Gasteiger partial charge in [0.1, 0.15) is 0 Å². The number of amides is 2. The van der Waals surface area contributed by atoms with Gasteiger partial charge >= 0.3 is 0 Å². The highest BCUT2D eigenvalue weighted by atomic mass is 16.1. The maximum Gasteiger partial charge on any atom is 0.217 e. The summed E-state index contributed by atoms with van der Waals surface area (Å²) in [5, 5.41) is 3.19. The van der Waals surface area contributed by atoms with Gasteiger partial charge in [0.15, 0.2) is 0 Å². The van der Waals surface area contributed by atoms with Crippen molar-refractivity contribution < 1.29 is 9.59 Å². The first-order valence-corrected chi connectivity index (χ1v) is 5.91. The van der Waals surface area contributed by atoms with Crippen molar-refractivity contribution in [2.45, 2.75) is 44.1 Å². The Morgan fingerprint density at radius 3 is 1.82 bits per heavy atom. The maximum atomic E-state index is 10.9. The molecule has 0 saturated carbocycles. The van der Waals surface area contributed by atoms with E-state index in [1.54, 1.807) is 0 Å².